The smallest absolute Gasteiger partial charge is 0.119 e. The third-order valence-electron chi connectivity index (χ3n) is 5.03. The summed E-state index contributed by atoms with van der Waals surface area (Å²) in [5.74, 6) is 0.696. The Bertz CT molecular complexity index is 549. The molecule has 0 spiro atoms. The number of ether oxygens (including phenoxy) is 1. The second-order valence-corrected chi connectivity index (χ2v) is 6.90. The Labute approximate surface area is 144 Å². The van der Waals surface area contributed by atoms with E-state index < -0.39 is 6.10 Å². The lowest BCUT2D eigenvalue weighted by Crippen LogP contribution is -2.49. The molecule has 1 aromatic rings. The number of nitriles is 1. The van der Waals surface area contributed by atoms with E-state index >= 15 is 0 Å². The Morgan fingerprint density at radius 1 is 1.17 bits per heavy atom. The van der Waals surface area contributed by atoms with Crippen molar-refractivity contribution in [3.8, 4) is 11.8 Å². The predicted molar refractivity (Wildman–Crippen MR) is 92.9 cm³/mol. The molecule has 5 nitrogen and oxygen atoms in total. The van der Waals surface area contributed by atoms with Gasteiger partial charge >= 0.3 is 0 Å². The average molecular weight is 329 g/mol. The van der Waals surface area contributed by atoms with Gasteiger partial charge in [-0.05, 0) is 69.6 Å². The maximum Gasteiger partial charge on any atom is 0.119 e. The summed E-state index contributed by atoms with van der Waals surface area (Å²) in [6, 6.07) is 9.75. The van der Waals surface area contributed by atoms with Crippen LogP contribution in [-0.4, -0.2) is 66.4 Å². The van der Waals surface area contributed by atoms with Crippen LogP contribution in [0.25, 0.3) is 0 Å². The van der Waals surface area contributed by atoms with E-state index in [-0.39, 0.29) is 6.61 Å². The van der Waals surface area contributed by atoms with Crippen molar-refractivity contribution < 1.29 is 9.84 Å². The molecule has 0 aromatic heterocycles. The maximum absolute atomic E-state index is 10.3. The first-order valence-corrected chi connectivity index (χ1v) is 9.02. The number of hydrogen-bond acceptors (Lipinski definition) is 5. The Kier molecular flexibility index (Phi) is 6.08. The molecule has 2 saturated heterocycles. The minimum atomic E-state index is -0.488. The minimum Gasteiger partial charge on any atom is -0.491 e. The molecule has 0 saturated carbocycles. The Hall–Kier alpha value is -1.61. The summed E-state index contributed by atoms with van der Waals surface area (Å²) in [5, 5.41) is 19.1. The lowest BCUT2D eigenvalue weighted by Gasteiger charge is -2.38. The van der Waals surface area contributed by atoms with Crippen LogP contribution in [0, 0.1) is 11.3 Å². The maximum atomic E-state index is 10.3. The van der Waals surface area contributed by atoms with E-state index in [0.717, 1.165) is 13.1 Å². The van der Waals surface area contributed by atoms with Crippen molar-refractivity contribution in [2.24, 2.45) is 0 Å². The molecule has 5 heteroatoms. The van der Waals surface area contributed by atoms with E-state index in [0.29, 0.717) is 23.9 Å². The molecule has 2 heterocycles. The first-order chi connectivity index (χ1) is 11.7. The van der Waals surface area contributed by atoms with Crippen molar-refractivity contribution in [1.82, 2.24) is 9.80 Å². The number of aliphatic hydroxyl groups is 1. The quantitative estimate of drug-likeness (QED) is 0.863. The summed E-state index contributed by atoms with van der Waals surface area (Å²) < 4.78 is 5.64. The molecule has 24 heavy (non-hydrogen) atoms. The zero-order valence-electron chi connectivity index (χ0n) is 14.2. The number of β-amino-alcohol motifs (C(OH)–C–C–N with tert-alkyl or cyclic N) is 1. The highest BCUT2D eigenvalue weighted by molar-refractivity contribution is 5.34. The zero-order valence-corrected chi connectivity index (χ0v) is 14.2. The Balaban J connectivity index is 1.42. The predicted octanol–water partition coefficient (Wildman–Crippen LogP) is 1.86. The van der Waals surface area contributed by atoms with Gasteiger partial charge in [-0.3, -0.25) is 9.80 Å². The second-order valence-electron chi connectivity index (χ2n) is 6.90. The van der Waals surface area contributed by atoms with Crippen molar-refractivity contribution >= 4 is 0 Å². The summed E-state index contributed by atoms with van der Waals surface area (Å²) in [6.45, 7) is 5.56. The monoisotopic (exact) mass is 329 g/mol. The van der Waals surface area contributed by atoms with E-state index in [1.165, 1.54) is 38.8 Å². The summed E-state index contributed by atoms with van der Waals surface area (Å²) in [6.07, 6.45) is 4.67. The molecule has 130 valence electrons. The SMILES string of the molecule is N#Cc1ccc(OCC(O)CN2CCCC(N3CCCC3)C2)cc1. The fraction of sp³-hybridized carbons (Fsp3) is 0.632. The van der Waals surface area contributed by atoms with Gasteiger partial charge in [-0.1, -0.05) is 0 Å². The molecule has 2 unspecified atom stereocenters. The fourth-order valence-electron chi connectivity index (χ4n) is 3.77. The van der Waals surface area contributed by atoms with Crippen LogP contribution < -0.4 is 4.74 Å². The van der Waals surface area contributed by atoms with Crippen LogP contribution >= 0.6 is 0 Å². The van der Waals surface area contributed by atoms with Crippen molar-refractivity contribution in [3.05, 3.63) is 29.8 Å². The zero-order chi connectivity index (χ0) is 16.8. The van der Waals surface area contributed by atoms with Gasteiger partial charge in [0.1, 0.15) is 18.5 Å². The third kappa shape index (κ3) is 4.70. The van der Waals surface area contributed by atoms with E-state index in [9.17, 15) is 5.11 Å². The van der Waals surface area contributed by atoms with Crippen LogP contribution in [0.5, 0.6) is 5.75 Å². The van der Waals surface area contributed by atoms with Gasteiger partial charge in [0.25, 0.3) is 0 Å². The lowest BCUT2D eigenvalue weighted by molar-refractivity contribution is 0.0416. The topological polar surface area (TPSA) is 59.7 Å². The number of aliphatic hydroxyl groups excluding tert-OH is 1. The largest absolute Gasteiger partial charge is 0.491 e. The molecule has 1 N–H and O–H groups in total. The van der Waals surface area contributed by atoms with Crippen molar-refractivity contribution in [3.63, 3.8) is 0 Å². The Morgan fingerprint density at radius 2 is 1.92 bits per heavy atom. The van der Waals surface area contributed by atoms with Crippen LogP contribution in [-0.2, 0) is 0 Å². The first-order valence-electron chi connectivity index (χ1n) is 9.02. The van der Waals surface area contributed by atoms with Gasteiger partial charge in [-0.2, -0.15) is 5.26 Å². The molecule has 0 aliphatic carbocycles. The molecule has 2 aliphatic heterocycles. The fourth-order valence-corrected chi connectivity index (χ4v) is 3.77. The van der Waals surface area contributed by atoms with Gasteiger partial charge in [0.15, 0.2) is 0 Å². The van der Waals surface area contributed by atoms with Crippen molar-refractivity contribution in [1.29, 1.82) is 5.26 Å². The summed E-state index contributed by atoms with van der Waals surface area (Å²) in [5.41, 5.74) is 0.615. The summed E-state index contributed by atoms with van der Waals surface area (Å²) in [4.78, 5) is 4.99. The van der Waals surface area contributed by atoms with Crippen LogP contribution in [0.15, 0.2) is 24.3 Å². The molecule has 0 amide bonds. The average Bonchev–Trinajstić information content (AvgIpc) is 3.15. The van der Waals surface area contributed by atoms with Crippen LogP contribution in [0.3, 0.4) is 0 Å². The van der Waals surface area contributed by atoms with E-state index in [2.05, 4.69) is 15.9 Å². The normalized spacial score (nSPS) is 23.8. The standard InChI is InChI=1S/C19H27N3O2/c20-12-16-5-7-19(8-6-16)24-15-18(23)14-21-9-3-4-17(13-21)22-10-1-2-11-22/h5-8,17-18,23H,1-4,9-11,13-15H2. The number of nitrogens with zero attached hydrogens (tertiary/aromatic N) is 3. The number of rotatable bonds is 6. The van der Waals surface area contributed by atoms with E-state index in [1.807, 2.05) is 0 Å². The number of benzene rings is 1. The van der Waals surface area contributed by atoms with Gasteiger partial charge in [-0.15, -0.1) is 0 Å². The molecule has 3 rings (SSSR count). The highest BCUT2D eigenvalue weighted by atomic mass is 16.5. The van der Waals surface area contributed by atoms with Crippen molar-refractivity contribution in [2.75, 3.05) is 39.3 Å². The molecule has 0 radical (unpaired) electrons. The molecule has 2 aliphatic rings. The molecule has 2 atom stereocenters. The van der Waals surface area contributed by atoms with Gasteiger partial charge in [0.2, 0.25) is 0 Å². The highest BCUT2D eigenvalue weighted by Gasteiger charge is 2.27. The van der Waals surface area contributed by atoms with Crippen LogP contribution in [0.1, 0.15) is 31.2 Å². The molecule has 1 aromatic carbocycles. The molecular formula is C19H27N3O2. The first kappa shape index (κ1) is 17.2. The van der Waals surface area contributed by atoms with Gasteiger partial charge in [-0.25, -0.2) is 0 Å². The number of hydrogen-bond donors (Lipinski definition) is 1. The third-order valence-corrected chi connectivity index (χ3v) is 5.03. The summed E-state index contributed by atoms with van der Waals surface area (Å²) >= 11 is 0. The number of piperidine rings is 1. The number of likely N-dealkylation sites (tertiary alicyclic amines) is 2. The van der Waals surface area contributed by atoms with Crippen LogP contribution in [0.4, 0.5) is 0 Å². The van der Waals surface area contributed by atoms with Gasteiger partial charge in [0, 0.05) is 19.1 Å². The van der Waals surface area contributed by atoms with Crippen LogP contribution in [0.2, 0.25) is 0 Å². The molecular weight excluding hydrogens is 302 g/mol. The Morgan fingerprint density at radius 3 is 2.62 bits per heavy atom. The lowest BCUT2D eigenvalue weighted by atomic mass is 10.0. The van der Waals surface area contributed by atoms with E-state index in [4.69, 9.17) is 10.00 Å². The summed E-state index contributed by atoms with van der Waals surface area (Å²) in [7, 11) is 0. The van der Waals surface area contributed by atoms with E-state index in [1.54, 1.807) is 24.3 Å². The second kappa shape index (κ2) is 8.48. The highest BCUT2D eigenvalue weighted by Crippen LogP contribution is 2.20. The minimum absolute atomic E-state index is 0.288. The van der Waals surface area contributed by atoms with Crippen molar-refractivity contribution in [2.45, 2.75) is 37.8 Å². The molecule has 2 fully saturated rings. The molecule has 0 bridgehead atoms. The van der Waals surface area contributed by atoms with Gasteiger partial charge < -0.3 is 9.84 Å². The van der Waals surface area contributed by atoms with Gasteiger partial charge in [0.05, 0.1) is 11.6 Å².